The van der Waals surface area contributed by atoms with Crippen molar-refractivity contribution in [1.82, 2.24) is 4.90 Å². The van der Waals surface area contributed by atoms with Crippen LogP contribution in [0.2, 0.25) is 5.02 Å². The predicted molar refractivity (Wildman–Crippen MR) is 90.2 cm³/mol. The summed E-state index contributed by atoms with van der Waals surface area (Å²) in [6, 6.07) is 5.05. The number of carbonyl (C=O) groups excluding carboxylic acids is 2. The van der Waals surface area contributed by atoms with Crippen LogP contribution < -0.4 is 4.74 Å². The molecule has 0 N–H and O–H groups in total. The number of alkyl halides is 3. The first-order valence-electron chi connectivity index (χ1n) is 8.01. The van der Waals surface area contributed by atoms with Gasteiger partial charge in [-0.05, 0) is 44.0 Å². The predicted octanol–water partition coefficient (Wildman–Crippen LogP) is 3.76. The number of hydrogen-bond acceptors (Lipinski definition) is 4. The highest BCUT2D eigenvalue weighted by Crippen LogP contribution is 2.21. The first-order chi connectivity index (χ1) is 12.1. The second-order valence-electron chi connectivity index (χ2n) is 5.53. The van der Waals surface area contributed by atoms with Crippen LogP contribution >= 0.6 is 11.6 Å². The van der Waals surface area contributed by atoms with E-state index in [9.17, 15) is 22.8 Å². The lowest BCUT2D eigenvalue weighted by atomic mass is 10.2. The van der Waals surface area contributed by atoms with E-state index in [4.69, 9.17) is 16.3 Å². The summed E-state index contributed by atoms with van der Waals surface area (Å²) < 4.78 is 47.9. The van der Waals surface area contributed by atoms with Gasteiger partial charge >= 0.3 is 12.1 Å². The molecule has 0 aliphatic carbocycles. The van der Waals surface area contributed by atoms with E-state index >= 15 is 0 Å². The summed E-state index contributed by atoms with van der Waals surface area (Å²) in [5.74, 6) is -1.11. The fourth-order valence-electron chi connectivity index (χ4n) is 2.09. The number of hydrogen-bond donors (Lipinski definition) is 0. The molecule has 146 valence electrons. The van der Waals surface area contributed by atoms with Crippen LogP contribution in [0.5, 0.6) is 5.75 Å². The molecule has 0 bridgehead atoms. The minimum Gasteiger partial charge on any atom is -0.494 e. The average molecular weight is 396 g/mol. The van der Waals surface area contributed by atoms with E-state index in [2.05, 4.69) is 4.74 Å². The third-order valence-electron chi connectivity index (χ3n) is 3.28. The fourth-order valence-corrected chi connectivity index (χ4v) is 2.21. The molecular weight excluding hydrogens is 375 g/mol. The van der Waals surface area contributed by atoms with Crippen LogP contribution in [0, 0.1) is 6.92 Å². The molecule has 5 nitrogen and oxygen atoms in total. The van der Waals surface area contributed by atoms with Gasteiger partial charge in [-0.15, -0.1) is 0 Å². The van der Waals surface area contributed by atoms with Gasteiger partial charge in [-0.25, -0.2) is 0 Å². The maximum absolute atomic E-state index is 12.6. The second-order valence-corrected chi connectivity index (χ2v) is 5.94. The quantitative estimate of drug-likeness (QED) is 0.472. The van der Waals surface area contributed by atoms with Crippen molar-refractivity contribution in [3.63, 3.8) is 0 Å². The zero-order chi connectivity index (χ0) is 19.7. The van der Waals surface area contributed by atoms with Crippen molar-refractivity contribution in [1.29, 1.82) is 0 Å². The Morgan fingerprint density at radius 3 is 2.54 bits per heavy atom. The van der Waals surface area contributed by atoms with E-state index < -0.39 is 31.1 Å². The summed E-state index contributed by atoms with van der Waals surface area (Å²) in [6.45, 7) is 1.28. The molecule has 26 heavy (non-hydrogen) atoms. The van der Waals surface area contributed by atoms with Crippen molar-refractivity contribution in [2.75, 3.05) is 26.3 Å². The van der Waals surface area contributed by atoms with Crippen molar-refractivity contribution in [2.45, 2.75) is 32.9 Å². The molecule has 9 heteroatoms. The standard InChI is InChI=1S/C17H21ClF3NO4/c1-3-25-16(24)10-22(11-17(19,20)21)15(23)5-4-8-26-13-6-7-14(18)12(2)9-13/h6-7,9H,3-5,8,10-11H2,1-2H3. The molecule has 1 aromatic carbocycles. The number of esters is 1. The van der Waals surface area contributed by atoms with E-state index in [1.165, 1.54) is 6.92 Å². The van der Waals surface area contributed by atoms with Crippen molar-refractivity contribution in [2.24, 2.45) is 0 Å². The molecule has 1 rings (SSSR count). The highest BCUT2D eigenvalue weighted by Gasteiger charge is 2.33. The number of amides is 1. The topological polar surface area (TPSA) is 55.8 Å². The highest BCUT2D eigenvalue weighted by molar-refractivity contribution is 6.31. The Labute approximate surface area is 155 Å². The van der Waals surface area contributed by atoms with E-state index in [0.29, 0.717) is 15.7 Å². The summed E-state index contributed by atoms with van der Waals surface area (Å²) >= 11 is 5.90. The molecule has 1 aromatic rings. The Morgan fingerprint density at radius 1 is 1.27 bits per heavy atom. The Hall–Kier alpha value is -1.96. The second kappa shape index (κ2) is 10.3. The normalized spacial score (nSPS) is 11.2. The van der Waals surface area contributed by atoms with Gasteiger partial charge in [-0.3, -0.25) is 9.59 Å². The molecule has 0 radical (unpaired) electrons. The number of aryl methyl sites for hydroxylation is 1. The largest absolute Gasteiger partial charge is 0.494 e. The minimum atomic E-state index is -4.60. The molecule has 1 amide bonds. The number of halogens is 4. The van der Waals surface area contributed by atoms with Gasteiger partial charge in [0.25, 0.3) is 0 Å². The lowest BCUT2D eigenvalue weighted by Gasteiger charge is -2.23. The molecule has 0 saturated heterocycles. The molecule has 0 saturated carbocycles. The van der Waals surface area contributed by atoms with Crippen molar-refractivity contribution >= 4 is 23.5 Å². The molecular formula is C17H21ClF3NO4. The van der Waals surface area contributed by atoms with Gasteiger partial charge in [-0.1, -0.05) is 11.6 Å². The summed E-state index contributed by atoms with van der Waals surface area (Å²) in [5, 5.41) is 0.592. The van der Waals surface area contributed by atoms with Crippen LogP contribution in [0.3, 0.4) is 0 Å². The Bertz CT molecular complexity index is 623. The van der Waals surface area contributed by atoms with Crippen LogP contribution in [0.1, 0.15) is 25.3 Å². The smallest absolute Gasteiger partial charge is 0.406 e. The van der Waals surface area contributed by atoms with E-state index in [-0.39, 0.29) is 26.1 Å². The van der Waals surface area contributed by atoms with Crippen LogP contribution in [-0.4, -0.2) is 49.3 Å². The van der Waals surface area contributed by atoms with E-state index in [1.54, 1.807) is 18.2 Å². The summed E-state index contributed by atoms with van der Waals surface area (Å²) in [5.41, 5.74) is 0.825. The van der Waals surface area contributed by atoms with Crippen LogP contribution in [0.25, 0.3) is 0 Å². The summed E-state index contributed by atoms with van der Waals surface area (Å²) in [4.78, 5) is 23.9. The van der Waals surface area contributed by atoms with Crippen molar-refractivity contribution < 1.29 is 32.2 Å². The number of benzene rings is 1. The lowest BCUT2D eigenvalue weighted by Crippen LogP contribution is -2.42. The maximum atomic E-state index is 12.6. The molecule has 0 spiro atoms. The van der Waals surface area contributed by atoms with Crippen LogP contribution in [0.4, 0.5) is 13.2 Å². The van der Waals surface area contributed by atoms with Gasteiger partial charge in [0.1, 0.15) is 18.8 Å². The van der Waals surface area contributed by atoms with E-state index in [1.807, 2.05) is 6.92 Å². The molecule has 0 heterocycles. The molecule has 0 aliphatic heterocycles. The Balaban J connectivity index is 2.51. The number of rotatable bonds is 9. The fraction of sp³-hybridized carbons (Fsp3) is 0.529. The van der Waals surface area contributed by atoms with Crippen molar-refractivity contribution in [3.8, 4) is 5.75 Å². The minimum absolute atomic E-state index is 0.0290. The van der Waals surface area contributed by atoms with Gasteiger partial charge in [0, 0.05) is 11.4 Å². The molecule has 0 unspecified atom stereocenters. The third-order valence-corrected chi connectivity index (χ3v) is 3.71. The average Bonchev–Trinajstić information content (AvgIpc) is 2.53. The van der Waals surface area contributed by atoms with Gasteiger partial charge in [0.05, 0.1) is 13.2 Å². The first kappa shape index (κ1) is 22.1. The molecule has 0 aromatic heterocycles. The molecule has 0 atom stereocenters. The lowest BCUT2D eigenvalue weighted by molar-refractivity contribution is -0.167. The third kappa shape index (κ3) is 8.42. The number of ether oxygens (including phenoxy) is 2. The number of carbonyl (C=O) groups is 2. The number of nitrogens with zero attached hydrogens (tertiary/aromatic N) is 1. The monoisotopic (exact) mass is 395 g/mol. The molecule has 0 fully saturated rings. The Morgan fingerprint density at radius 2 is 1.96 bits per heavy atom. The Kier molecular flexibility index (Phi) is 8.71. The van der Waals surface area contributed by atoms with Crippen LogP contribution in [-0.2, 0) is 14.3 Å². The van der Waals surface area contributed by atoms with Gasteiger partial charge in [-0.2, -0.15) is 13.2 Å². The van der Waals surface area contributed by atoms with Gasteiger partial charge in [0.15, 0.2) is 0 Å². The maximum Gasteiger partial charge on any atom is 0.406 e. The van der Waals surface area contributed by atoms with Gasteiger partial charge in [0.2, 0.25) is 5.91 Å². The summed E-state index contributed by atoms with van der Waals surface area (Å²) in [6.07, 6.45) is -4.57. The highest BCUT2D eigenvalue weighted by atomic mass is 35.5. The van der Waals surface area contributed by atoms with Crippen LogP contribution in [0.15, 0.2) is 18.2 Å². The molecule has 0 aliphatic rings. The zero-order valence-corrected chi connectivity index (χ0v) is 15.3. The van der Waals surface area contributed by atoms with Gasteiger partial charge < -0.3 is 14.4 Å². The van der Waals surface area contributed by atoms with Crippen molar-refractivity contribution in [3.05, 3.63) is 28.8 Å². The SMILES string of the molecule is CCOC(=O)CN(CC(F)(F)F)C(=O)CCCOc1ccc(Cl)c(C)c1. The summed E-state index contributed by atoms with van der Waals surface area (Å²) in [7, 11) is 0. The zero-order valence-electron chi connectivity index (χ0n) is 14.6. The van der Waals surface area contributed by atoms with E-state index in [0.717, 1.165) is 5.56 Å². The first-order valence-corrected chi connectivity index (χ1v) is 8.39.